The van der Waals surface area contributed by atoms with Gasteiger partial charge in [0.1, 0.15) is 0 Å². The van der Waals surface area contributed by atoms with Crippen molar-refractivity contribution in [2.75, 3.05) is 26.7 Å². The predicted octanol–water partition coefficient (Wildman–Crippen LogP) is 1.60. The molecule has 0 aliphatic carbocycles. The predicted molar refractivity (Wildman–Crippen MR) is 86.3 cm³/mol. The van der Waals surface area contributed by atoms with Gasteiger partial charge < -0.3 is 10.6 Å². The fourth-order valence-corrected chi connectivity index (χ4v) is 2.88. The molecular formula is C17H27N3O. The van der Waals surface area contributed by atoms with E-state index in [0.717, 1.165) is 32.5 Å². The third-order valence-electron chi connectivity index (χ3n) is 4.31. The van der Waals surface area contributed by atoms with Gasteiger partial charge in [0.25, 0.3) is 0 Å². The minimum atomic E-state index is 0.108. The zero-order valence-electron chi connectivity index (χ0n) is 13.4. The molecule has 2 rings (SSSR count). The van der Waals surface area contributed by atoms with E-state index in [-0.39, 0.29) is 5.91 Å². The molecule has 1 aromatic rings. The number of rotatable bonds is 5. The maximum absolute atomic E-state index is 11.4. The number of benzene rings is 1. The Morgan fingerprint density at radius 1 is 1.29 bits per heavy atom. The number of nitrogens with zero attached hydrogens (tertiary/aromatic N) is 1. The van der Waals surface area contributed by atoms with E-state index in [4.69, 9.17) is 0 Å². The van der Waals surface area contributed by atoms with Gasteiger partial charge >= 0.3 is 0 Å². The molecule has 0 radical (unpaired) electrons. The summed E-state index contributed by atoms with van der Waals surface area (Å²) < 4.78 is 0. The number of hydrogen-bond donors (Lipinski definition) is 2. The largest absolute Gasteiger partial charge is 0.358 e. The third kappa shape index (κ3) is 4.83. The van der Waals surface area contributed by atoms with E-state index in [1.807, 2.05) is 0 Å². The van der Waals surface area contributed by atoms with Gasteiger partial charge in [-0.1, -0.05) is 23.8 Å². The first-order valence-corrected chi connectivity index (χ1v) is 7.81. The highest BCUT2D eigenvalue weighted by Gasteiger charge is 2.20. The van der Waals surface area contributed by atoms with E-state index < -0.39 is 0 Å². The third-order valence-corrected chi connectivity index (χ3v) is 4.31. The highest BCUT2D eigenvalue weighted by Crippen LogP contribution is 2.13. The van der Waals surface area contributed by atoms with Crippen LogP contribution in [-0.2, 0) is 11.3 Å². The molecule has 2 N–H and O–H groups in total. The smallest absolute Gasteiger partial charge is 0.233 e. The number of piperidine rings is 1. The van der Waals surface area contributed by atoms with Crippen molar-refractivity contribution in [3.8, 4) is 0 Å². The van der Waals surface area contributed by atoms with Crippen molar-refractivity contribution in [3.63, 3.8) is 0 Å². The summed E-state index contributed by atoms with van der Waals surface area (Å²) in [5.41, 5.74) is 4.06. The molecule has 1 saturated heterocycles. The molecule has 0 unspecified atom stereocenters. The summed E-state index contributed by atoms with van der Waals surface area (Å²) in [6.45, 7) is 7.77. The summed E-state index contributed by atoms with van der Waals surface area (Å²) >= 11 is 0. The van der Waals surface area contributed by atoms with Crippen LogP contribution in [0.3, 0.4) is 0 Å². The highest BCUT2D eigenvalue weighted by atomic mass is 16.1. The van der Waals surface area contributed by atoms with Crippen molar-refractivity contribution in [2.45, 2.75) is 39.3 Å². The van der Waals surface area contributed by atoms with Crippen LogP contribution < -0.4 is 10.6 Å². The summed E-state index contributed by atoms with van der Waals surface area (Å²) in [5, 5.41) is 6.34. The van der Waals surface area contributed by atoms with Gasteiger partial charge in [-0.25, -0.2) is 0 Å². The fourth-order valence-electron chi connectivity index (χ4n) is 2.88. The van der Waals surface area contributed by atoms with Gasteiger partial charge in [-0.15, -0.1) is 0 Å². The van der Waals surface area contributed by atoms with E-state index in [1.165, 1.54) is 16.7 Å². The summed E-state index contributed by atoms with van der Waals surface area (Å²) in [6, 6.07) is 7.20. The number of aryl methyl sites for hydroxylation is 2. The van der Waals surface area contributed by atoms with Crippen molar-refractivity contribution in [1.82, 2.24) is 15.5 Å². The van der Waals surface area contributed by atoms with E-state index in [9.17, 15) is 4.79 Å². The summed E-state index contributed by atoms with van der Waals surface area (Å²) in [7, 11) is 1.69. The molecule has 1 aliphatic rings. The number of carbonyl (C=O) groups excluding carboxylic acids is 1. The summed E-state index contributed by atoms with van der Waals surface area (Å²) in [4.78, 5) is 13.6. The Morgan fingerprint density at radius 3 is 2.62 bits per heavy atom. The molecule has 4 nitrogen and oxygen atoms in total. The number of hydrogen-bond acceptors (Lipinski definition) is 3. The van der Waals surface area contributed by atoms with Crippen molar-refractivity contribution in [3.05, 3.63) is 34.9 Å². The van der Waals surface area contributed by atoms with Gasteiger partial charge in [-0.3, -0.25) is 9.69 Å². The second-order valence-electron chi connectivity index (χ2n) is 6.03. The zero-order valence-corrected chi connectivity index (χ0v) is 13.4. The van der Waals surface area contributed by atoms with Crippen LogP contribution in [-0.4, -0.2) is 43.5 Å². The van der Waals surface area contributed by atoms with Crippen molar-refractivity contribution in [2.24, 2.45) is 0 Å². The molecule has 0 bridgehead atoms. The van der Waals surface area contributed by atoms with Gasteiger partial charge in [0.2, 0.25) is 5.91 Å². The molecule has 0 saturated carbocycles. The Labute approximate surface area is 127 Å². The number of carbonyl (C=O) groups is 1. The first-order chi connectivity index (χ1) is 10.1. The van der Waals surface area contributed by atoms with E-state index >= 15 is 0 Å². The van der Waals surface area contributed by atoms with Gasteiger partial charge in [-0.05, 0) is 37.8 Å². The first-order valence-electron chi connectivity index (χ1n) is 7.81. The van der Waals surface area contributed by atoms with Gasteiger partial charge in [0.15, 0.2) is 0 Å². The molecule has 1 heterocycles. The monoisotopic (exact) mass is 289 g/mol. The molecule has 1 amide bonds. The van der Waals surface area contributed by atoms with Crippen LogP contribution >= 0.6 is 0 Å². The Hall–Kier alpha value is -1.39. The molecule has 0 aromatic heterocycles. The van der Waals surface area contributed by atoms with Crippen LogP contribution in [0.15, 0.2) is 18.2 Å². The molecule has 21 heavy (non-hydrogen) atoms. The lowest BCUT2D eigenvalue weighted by molar-refractivity contribution is -0.122. The van der Waals surface area contributed by atoms with E-state index in [2.05, 4.69) is 47.6 Å². The lowest BCUT2D eigenvalue weighted by Crippen LogP contribution is -2.45. The number of likely N-dealkylation sites (N-methyl/N-ethyl adjacent to an activating group) is 1. The lowest BCUT2D eigenvalue weighted by atomic mass is 10.0. The molecular weight excluding hydrogens is 262 g/mol. The van der Waals surface area contributed by atoms with E-state index in [0.29, 0.717) is 12.6 Å². The topological polar surface area (TPSA) is 44.4 Å². The van der Waals surface area contributed by atoms with Gasteiger partial charge in [0, 0.05) is 32.7 Å². The summed E-state index contributed by atoms with van der Waals surface area (Å²) in [5.74, 6) is 0.108. The molecule has 116 valence electrons. The summed E-state index contributed by atoms with van der Waals surface area (Å²) in [6.07, 6.45) is 2.23. The van der Waals surface area contributed by atoms with Crippen LogP contribution in [0.1, 0.15) is 29.5 Å². The van der Waals surface area contributed by atoms with E-state index in [1.54, 1.807) is 7.05 Å². The van der Waals surface area contributed by atoms with Crippen molar-refractivity contribution in [1.29, 1.82) is 0 Å². The number of likely N-dealkylation sites (tertiary alicyclic amines) is 1. The average Bonchev–Trinajstić information content (AvgIpc) is 2.48. The normalized spacial score (nSPS) is 16.9. The second-order valence-corrected chi connectivity index (χ2v) is 6.03. The number of amides is 1. The lowest BCUT2D eigenvalue weighted by Gasteiger charge is -2.32. The maximum Gasteiger partial charge on any atom is 0.233 e. The Kier molecular flexibility index (Phi) is 5.76. The van der Waals surface area contributed by atoms with Crippen LogP contribution in [0, 0.1) is 13.8 Å². The minimum Gasteiger partial charge on any atom is -0.358 e. The zero-order chi connectivity index (χ0) is 15.2. The molecule has 1 aromatic carbocycles. The standard InChI is InChI=1S/C17H27N3O/c1-13-4-5-15(14(2)10-13)11-19-16-6-8-20(9-7-16)12-17(21)18-3/h4-5,10,16,19H,6-9,11-12H2,1-3H3,(H,18,21). The first kappa shape index (κ1) is 16.0. The minimum absolute atomic E-state index is 0.108. The Morgan fingerprint density at radius 2 is 2.00 bits per heavy atom. The van der Waals surface area contributed by atoms with Gasteiger partial charge in [-0.2, -0.15) is 0 Å². The highest BCUT2D eigenvalue weighted by molar-refractivity contribution is 5.77. The quantitative estimate of drug-likeness (QED) is 0.865. The fraction of sp³-hybridized carbons (Fsp3) is 0.588. The van der Waals surface area contributed by atoms with Crippen LogP contribution in [0.2, 0.25) is 0 Å². The molecule has 4 heteroatoms. The van der Waals surface area contributed by atoms with Crippen molar-refractivity contribution < 1.29 is 4.79 Å². The molecule has 1 aliphatic heterocycles. The van der Waals surface area contributed by atoms with Crippen LogP contribution in [0.5, 0.6) is 0 Å². The van der Waals surface area contributed by atoms with Crippen molar-refractivity contribution >= 4 is 5.91 Å². The average molecular weight is 289 g/mol. The molecule has 1 fully saturated rings. The molecule has 0 spiro atoms. The van der Waals surface area contributed by atoms with Crippen LogP contribution in [0.4, 0.5) is 0 Å². The Balaban J connectivity index is 1.75. The Bertz CT molecular complexity index is 479. The maximum atomic E-state index is 11.4. The second kappa shape index (κ2) is 7.57. The number of nitrogens with one attached hydrogen (secondary N) is 2. The molecule has 0 atom stereocenters. The SMILES string of the molecule is CNC(=O)CN1CCC(NCc2ccc(C)cc2C)CC1. The van der Waals surface area contributed by atoms with Gasteiger partial charge in [0.05, 0.1) is 6.54 Å². The van der Waals surface area contributed by atoms with Crippen LogP contribution in [0.25, 0.3) is 0 Å².